The zero-order valence-corrected chi connectivity index (χ0v) is 16.4. The minimum Gasteiger partial charge on any atom is -0.480 e. The van der Waals surface area contributed by atoms with Crippen LogP contribution in [0, 0.1) is 0 Å². The van der Waals surface area contributed by atoms with E-state index in [0.717, 1.165) is 4.31 Å². The standard InChI is InChI=1S/C18H15Cl2NO5S/c1-21(11-18(23)24)27(25,26)14-6-4-13(5-7-14)17(22)9-3-12-2-8-15(19)16(20)10-12/h2-10H,11H2,1H3,(H,23,24)/b9-3+. The molecule has 0 spiro atoms. The van der Waals surface area contributed by atoms with Gasteiger partial charge in [0.05, 0.1) is 14.9 Å². The maximum Gasteiger partial charge on any atom is 0.318 e. The third-order valence-electron chi connectivity index (χ3n) is 3.58. The van der Waals surface area contributed by atoms with Gasteiger partial charge < -0.3 is 5.11 Å². The van der Waals surface area contributed by atoms with Gasteiger partial charge in [-0.25, -0.2) is 8.42 Å². The van der Waals surface area contributed by atoms with Gasteiger partial charge in [-0.2, -0.15) is 4.31 Å². The molecule has 0 aliphatic heterocycles. The summed E-state index contributed by atoms with van der Waals surface area (Å²) in [7, 11) is -2.78. The van der Waals surface area contributed by atoms with E-state index in [1.54, 1.807) is 24.3 Å². The van der Waals surface area contributed by atoms with Gasteiger partial charge in [-0.3, -0.25) is 9.59 Å². The molecule has 0 saturated heterocycles. The Labute approximate surface area is 166 Å². The highest BCUT2D eigenvalue weighted by molar-refractivity contribution is 7.89. The number of benzene rings is 2. The highest BCUT2D eigenvalue weighted by Crippen LogP contribution is 2.23. The summed E-state index contributed by atoms with van der Waals surface area (Å²) in [6.45, 7) is -0.657. The Morgan fingerprint density at radius 2 is 1.70 bits per heavy atom. The molecule has 0 unspecified atom stereocenters. The summed E-state index contributed by atoms with van der Waals surface area (Å²) in [6.07, 6.45) is 2.90. The van der Waals surface area contributed by atoms with E-state index in [1.165, 1.54) is 37.4 Å². The second-order valence-electron chi connectivity index (χ2n) is 5.55. The number of halogens is 2. The maximum atomic E-state index is 12.3. The minimum absolute atomic E-state index is 0.101. The Kier molecular flexibility index (Phi) is 6.78. The Morgan fingerprint density at radius 3 is 2.26 bits per heavy atom. The fourth-order valence-electron chi connectivity index (χ4n) is 2.13. The van der Waals surface area contributed by atoms with E-state index in [1.807, 2.05) is 0 Å². The Hall–Kier alpha value is -2.19. The van der Waals surface area contributed by atoms with E-state index in [4.69, 9.17) is 28.3 Å². The molecule has 0 fully saturated rings. The fourth-order valence-corrected chi connectivity index (χ4v) is 3.56. The van der Waals surface area contributed by atoms with Gasteiger partial charge >= 0.3 is 5.97 Å². The first-order chi connectivity index (χ1) is 12.6. The normalized spacial score (nSPS) is 11.9. The molecule has 0 aliphatic carbocycles. The van der Waals surface area contributed by atoms with Gasteiger partial charge in [0.15, 0.2) is 5.78 Å². The third kappa shape index (κ3) is 5.40. The van der Waals surface area contributed by atoms with E-state index in [0.29, 0.717) is 15.6 Å². The predicted molar refractivity (Wildman–Crippen MR) is 104 cm³/mol. The largest absolute Gasteiger partial charge is 0.480 e. The molecule has 6 nitrogen and oxygen atoms in total. The Morgan fingerprint density at radius 1 is 1.07 bits per heavy atom. The van der Waals surface area contributed by atoms with Crippen LogP contribution in [-0.4, -0.2) is 43.2 Å². The van der Waals surface area contributed by atoms with Crippen LogP contribution >= 0.6 is 23.2 Å². The van der Waals surface area contributed by atoms with Gasteiger partial charge in [0.2, 0.25) is 10.0 Å². The van der Waals surface area contributed by atoms with Gasteiger partial charge in [0.25, 0.3) is 0 Å². The number of rotatable bonds is 7. The van der Waals surface area contributed by atoms with Gasteiger partial charge in [-0.15, -0.1) is 0 Å². The molecule has 27 heavy (non-hydrogen) atoms. The molecular weight excluding hydrogens is 413 g/mol. The van der Waals surface area contributed by atoms with E-state index in [-0.39, 0.29) is 16.2 Å². The first-order valence-corrected chi connectivity index (χ1v) is 9.76. The zero-order chi connectivity index (χ0) is 20.2. The topological polar surface area (TPSA) is 91.8 Å². The van der Waals surface area contributed by atoms with Gasteiger partial charge in [0, 0.05) is 12.6 Å². The molecule has 0 heterocycles. The average molecular weight is 428 g/mol. The van der Waals surface area contributed by atoms with Crippen molar-refractivity contribution in [1.29, 1.82) is 0 Å². The predicted octanol–water partition coefficient (Wildman–Crippen LogP) is 3.59. The quantitative estimate of drug-likeness (QED) is 0.538. The monoisotopic (exact) mass is 427 g/mol. The number of aliphatic carboxylic acids is 1. The van der Waals surface area contributed by atoms with Crippen molar-refractivity contribution in [2.24, 2.45) is 0 Å². The molecule has 142 valence electrons. The minimum atomic E-state index is -3.94. The smallest absolute Gasteiger partial charge is 0.318 e. The summed E-state index contributed by atoms with van der Waals surface area (Å²) in [5, 5.41) is 9.50. The van der Waals surface area contributed by atoms with Crippen LogP contribution in [0.4, 0.5) is 0 Å². The fraction of sp³-hybridized carbons (Fsp3) is 0.111. The molecule has 0 atom stereocenters. The van der Waals surface area contributed by atoms with Crippen molar-refractivity contribution in [1.82, 2.24) is 4.31 Å². The number of sulfonamides is 1. The number of carboxylic acids is 1. The lowest BCUT2D eigenvalue weighted by Crippen LogP contribution is -2.32. The number of carboxylic acid groups (broad SMARTS) is 1. The Bertz CT molecular complexity index is 1000. The lowest BCUT2D eigenvalue weighted by atomic mass is 10.1. The highest BCUT2D eigenvalue weighted by atomic mass is 35.5. The summed E-state index contributed by atoms with van der Waals surface area (Å²) in [6, 6.07) is 10.2. The molecule has 2 aromatic carbocycles. The van der Waals surface area contributed by atoms with Crippen LogP contribution in [-0.2, 0) is 14.8 Å². The molecule has 0 bridgehead atoms. The van der Waals surface area contributed by atoms with Crippen molar-refractivity contribution in [2.75, 3.05) is 13.6 Å². The third-order valence-corrected chi connectivity index (χ3v) is 6.13. The van der Waals surface area contributed by atoms with E-state index < -0.39 is 22.5 Å². The average Bonchev–Trinajstić information content (AvgIpc) is 2.62. The van der Waals surface area contributed by atoms with E-state index >= 15 is 0 Å². The summed E-state index contributed by atoms with van der Waals surface area (Å²) in [5.41, 5.74) is 0.971. The summed E-state index contributed by atoms with van der Waals surface area (Å²) >= 11 is 11.7. The van der Waals surface area contributed by atoms with Crippen LogP contribution < -0.4 is 0 Å². The number of hydrogen-bond acceptors (Lipinski definition) is 4. The van der Waals surface area contributed by atoms with Crippen LogP contribution in [0.1, 0.15) is 15.9 Å². The van der Waals surface area contributed by atoms with Crippen LogP contribution in [0.3, 0.4) is 0 Å². The van der Waals surface area contributed by atoms with Crippen molar-refractivity contribution in [3.8, 4) is 0 Å². The Balaban J connectivity index is 2.16. The van der Waals surface area contributed by atoms with E-state index in [2.05, 4.69) is 0 Å². The lowest BCUT2D eigenvalue weighted by molar-refractivity contribution is -0.137. The first-order valence-electron chi connectivity index (χ1n) is 7.57. The highest BCUT2D eigenvalue weighted by Gasteiger charge is 2.22. The zero-order valence-electron chi connectivity index (χ0n) is 14.1. The van der Waals surface area contributed by atoms with Crippen LogP contribution in [0.15, 0.2) is 53.4 Å². The van der Waals surface area contributed by atoms with Crippen LogP contribution in [0.2, 0.25) is 10.0 Å². The molecule has 0 radical (unpaired) electrons. The molecule has 0 aliphatic rings. The second kappa shape index (κ2) is 8.67. The molecule has 0 amide bonds. The summed E-state index contributed by atoms with van der Waals surface area (Å²) in [4.78, 5) is 22.8. The summed E-state index contributed by atoms with van der Waals surface area (Å²) < 4.78 is 25.2. The van der Waals surface area contributed by atoms with Gasteiger partial charge in [-0.1, -0.05) is 35.3 Å². The molecule has 0 aromatic heterocycles. The van der Waals surface area contributed by atoms with E-state index in [9.17, 15) is 18.0 Å². The van der Waals surface area contributed by atoms with Crippen molar-refractivity contribution >= 4 is 51.1 Å². The van der Waals surface area contributed by atoms with Crippen molar-refractivity contribution in [3.63, 3.8) is 0 Å². The van der Waals surface area contributed by atoms with Gasteiger partial charge in [0.1, 0.15) is 6.54 Å². The number of likely N-dealkylation sites (N-methyl/N-ethyl adjacent to an activating group) is 1. The van der Waals surface area contributed by atoms with Crippen molar-refractivity contribution in [3.05, 3.63) is 69.7 Å². The molecule has 1 N–H and O–H groups in total. The van der Waals surface area contributed by atoms with Crippen molar-refractivity contribution < 1.29 is 23.1 Å². The second-order valence-corrected chi connectivity index (χ2v) is 8.41. The number of allylic oxidation sites excluding steroid dienone is 1. The molecule has 2 rings (SSSR count). The number of hydrogen-bond donors (Lipinski definition) is 1. The first kappa shape index (κ1) is 21.1. The molecule has 0 saturated carbocycles. The van der Waals surface area contributed by atoms with Crippen LogP contribution in [0.25, 0.3) is 6.08 Å². The van der Waals surface area contributed by atoms with Crippen molar-refractivity contribution in [2.45, 2.75) is 4.90 Å². The number of ketones is 1. The van der Waals surface area contributed by atoms with Gasteiger partial charge in [-0.05, 0) is 48.0 Å². The maximum absolute atomic E-state index is 12.3. The SMILES string of the molecule is CN(CC(=O)O)S(=O)(=O)c1ccc(C(=O)/C=C/c2ccc(Cl)c(Cl)c2)cc1. The molecule has 9 heteroatoms. The molecule has 2 aromatic rings. The van der Waals surface area contributed by atoms with Crippen LogP contribution in [0.5, 0.6) is 0 Å². The summed E-state index contributed by atoms with van der Waals surface area (Å²) in [5.74, 6) is -1.59. The molecular formula is C18H15Cl2NO5S. The number of carbonyl (C=O) groups excluding carboxylic acids is 1. The number of nitrogens with zero attached hydrogens (tertiary/aromatic N) is 1. The number of carbonyl (C=O) groups is 2. The lowest BCUT2D eigenvalue weighted by Gasteiger charge is -2.14.